The van der Waals surface area contributed by atoms with Crippen LogP contribution in [0, 0.1) is 12.7 Å². The van der Waals surface area contributed by atoms with E-state index >= 15 is 0 Å². The minimum atomic E-state index is -0.171. The van der Waals surface area contributed by atoms with Crippen LogP contribution in [0.5, 0.6) is 0 Å². The Morgan fingerprint density at radius 1 is 1.15 bits per heavy atom. The van der Waals surface area contributed by atoms with Gasteiger partial charge in [0.05, 0.1) is 0 Å². The number of rotatable bonds is 9. The number of halogens is 1. The molecule has 1 aliphatic rings. The van der Waals surface area contributed by atoms with Gasteiger partial charge in [-0.3, -0.25) is 4.99 Å². The topological polar surface area (TPSA) is 42.9 Å². The molecule has 1 saturated heterocycles. The number of hydrogen-bond acceptors (Lipinski definition) is 3. The van der Waals surface area contributed by atoms with Gasteiger partial charge in [-0.1, -0.05) is 6.07 Å². The summed E-state index contributed by atoms with van der Waals surface area (Å²) >= 11 is 0. The summed E-state index contributed by atoms with van der Waals surface area (Å²) in [7, 11) is 2.19. The number of aliphatic imine (C=N–C) groups is 1. The Bertz CT molecular complexity index is 582. The molecule has 0 bridgehead atoms. The molecule has 2 N–H and O–H groups in total. The van der Waals surface area contributed by atoms with Crippen LogP contribution in [0.1, 0.15) is 30.9 Å². The van der Waals surface area contributed by atoms with Crippen LogP contribution in [0.2, 0.25) is 0 Å². The number of guanidine groups is 1. The molecule has 0 aliphatic carbocycles. The Balaban J connectivity index is 1.65. The lowest BCUT2D eigenvalue weighted by molar-refractivity contribution is 0.152. The summed E-state index contributed by atoms with van der Waals surface area (Å²) in [6.07, 6.45) is 3.17. The quantitative estimate of drug-likeness (QED) is 0.394. The third kappa shape index (κ3) is 8.26. The summed E-state index contributed by atoms with van der Waals surface area (Å²) in [5.74, 6) is 0.701. The summed E-state index contributed by atoms with van der Waals surface area (Å²) < 4.78 is 13.2. The molecule has 27 heavy (non-hydrogen) atoms. The number of likely N-dealkylation sites (N-methyl/N-ethyl adjacent to an activating group) is 1. The maximum Gasteiger partial charge on any atom is 0.191 e. The van der Waals surface area contributed by atoms with Gasteiger partial charge in [0.1, 0.15) is 5.82 Å². The molecule has 6 heteroatoms. The summed E-state index contributed by atoms with van der Waals surface area (Å²) in [6.45, 7) is 12.4. The number of nitrogens with zero attached hydrogens (tertiary/aromatic N) is 3. The fourth-order valence-electron chi connectivity index (χ4n) is 3.31. The fourth-order valence-corrected chi connectivity index (χ4v) is 3.31. The molecule has 0 aromatic heterocycles. The summed E-state index contributed by atoms with van der Waals surface area (Å²) in [5.41, 5.74) is 2.18. The van der Waals surface area contributed by atoms with Gasteiger partial charge < -0.3 is 20.4 Å². The largest absolute Gasteiger partial charge is 0.357 e. The zero-order valence-corrected chi connectivity index (χ0v) is 17.2. The predicted octanol–water partition coefficient (Wildman–Crippen LogP) is 2.26. The van der Waals surface area contributed by atoms with E-state index in [1.54, 1.807) is 6.07 Å². The van der Waals surface area contributed by atoms with E-state index in [9.17, 15) is 4.39 Å². The Kier molecular flexibility index (Phi) is 9.56. The molecule has 0 spiro atoms. The third-order valence-corrected chi connectivity index (χ3v) is 5.08. The number of hydrogen-bond donors (Lipinski definition) is 2. The van der Waals surface area contributed by atoms with Crippen LogP contribution in [0.3, 0.4) is 0 Å². The van der Waals surface area contributed by atoms with Gasteiger partial charge in [-0.25, -0.2) is 4.39 Å². The maximum absolute atomic E-state index is 13.2. The number of aryl methyl sites for hydroxylation is 1. The van der Waals surface area contributed by atoms with Crippen molar-refractivity contribution in [1.29, 1.82) is 0 Å². The zero-order chi connectivity index (χ0) is 19.5. The van der Waals surface area contributed by atoms with Crippen LogP contribution in [-0.2, 0) is 6.42 Å². The second-order valence-electron chi connectivity index (χ2n) is 7.36. The molecular formula is C21H36FN5. The lowest BCUT2D eigenvalue weighted by atomic mass is 10.1. The van der Waals surface area contributed by atoms with Crippen LogP contribution in [0.15, 0.2) is 23.2 Å². The van der Waals surface area contributed by atoms with Crippen LogP contribution in [0.4, 0.5) is 4.39 Å². The van der Waals surface area contributed by atoms with Crippen LogP contribution in [-0.4, -0.2) is 75.2 Å². The third-order valence-electron chi connectivity index (χ3n) is 5.08. The second kappa shape index (κ2) is 11.9. The van der Waals surface area contributed by atoms with Gasteiger partial charge in [-0.15, -0.1) is 0 Å². The maximum atomic E-state index is 13.2. The number of piperazine rings is 1. The standard InChI is InChI=1S/C21H36FN5/c1-4-23-21(25-11-9-19-7-8-20(22)17-18(19)2)24-10-5-6-12-27-15-13-26(3)14-16-27/h7-8,17H,4-6,9-16H2,1-3H3,(H2,23,24,25). The summed E-state index contributed by atoms with van der Waals surface area (Å²) in [4.78, 5) is 9.63. The molecule has 0 radical (unpaired) electrons. The normalized spacial score (nSPS) is 16.5. The first kappa shape index (κ1) is 21.6. The van der Waals surface area contributed by atoms with Crippen molar-refractivity contribution in [1.82, 2.24) is 20.4 Å². The molecule has 0 unspecified atom stereocenters. The second-order valence-corrected chi connectivity index (χ2v) is 7.36. The number of nitrogens with one attached hydrogen (secondary N) is 2. The average Bonchev–Trinajstić information content (AvgIpc) is 2.64. The van der Waals surface area contributed by atoms with Gasteiger partial charge in [0.2, 0.25) is 0 Å². The summed E-state index contributed by atoms with van der Waals surface area (Å²) in [5, 5.41) is 6.69. The molecule has 2 rings (SSSR count). The van der Waals surface area contributed by atoms with Crippen molar-refractivity contribution < 1.29 is 4.39 Å². The first-order valence-electron chi connectivity index (χ1n) is 10.3. The molecule has 1 aromatic carbocycles. The summed E-state index contributed by atoms with van der Waals surface area (Å²) in [6, 6.07) is 4.99. The van der Waals surface area contributed by atoms with Crippen LogP contribution in [0.25, 0.3) is 0 Å². The highest BCUT2D eigenvalue weighted by Gasteiger charge is 2.12. The van der Waals surface area contributed by atoms with Crippen molar-refractivity contribution in [2.24, 2.45) is 4.99 Å². The van der Waals surface area contributed by atoms with E-state index in [2.05, 4.69) is 39.4 Å². The van der Waals surface area contributed by atoms with Crippen molar-refractivity contribution in [3.63, 3.8) is 0 Å². The molecule has 0 saturated carbocycles. The Morgan fingerprint density at radius 2 is 1.93 bits per heavy atom. The van der Waals surface area contributed by atoms with Gasteiger partial charge in [-0.05, 0) is 70.0 Å². The first-order chi connectivity index (χ1) is 13.1. The van der Waals surface area contributed by atoms with E-state index in [1.165, 1.54) is 50.8 Å². The van der Waals surface area contributed by atoms with Crippen molar-refractivity contribution >= 4 is 5.96 Å². The molecule has 0 atom stereocenters. The van der Waals surface area contributed by atoms with E-state index < -0.39 is 0 Å². The average molecular weight is 378 g/mol. The molecule has 152 valence electrons. The highest BCUT2D eigenvalue weighted by Crippen LogP contribution is 2.10. The lowest BCUT2D eigenvalue weighted by Gasteiger charge is -2.32. The minimum absolute atomic E-state index is 0.171. The van der Waals surface area contributed by atoms with Crippen LogP contribution >= 0.6 is 0 Å². The molecular weight excluding hydrogens is 341 g/mol. The van der Waals surface area contributed by atoms with E-state index in [-0.39, 0.29) is 5.82 Å². The molecule has 1 aliphatic heterocycles. The Morgan fingerprint density at radius 3 is 2.63 bits per heavy atom. The number of benzene rings is 1. The molecule has 0 amide bonds. The van der Waals surface area contributed by atoms with Crippen molar-refractivity contribution in [3.05, 3.63) is 35.1 Å². The molecule has 1 aromatic rings. The van der Waals surface area contributed by atoms with Crippen LogP contribution < -0.4 is 10.6 Å². The smallest absolute Gasteiger partial charge is 0.191 e. The van der Waals surface area contributed by atoms with E-state index in [1.807, 2.05) is 13.0 Å². The monoisotopic (exact) mass is 377 g/mol. The fraction of sp³-hybridized carbons (Fsp3) is 0.667. The van der Waals surface area contributed by atoms with Gasteiger partial charge in [0.25, 0.3) is 0 Å². The molecule has 1 heterocycles. The van der Waals surface area contributed by atoms with Gasteiger partial charge in [-0.2, -0.15) is 0 Å². The van der Waals surface area contributed by atoms with E-state index in [4.69, 9.17) is 0 Å². The zero-order valence-electron chi connectivity index (χ0n) is 17.2. The van der Waals surface area contributed by atoms with Crippen molar-refractivity contribution in [2.75, 3.05) is 59.4 Å². The molecule has 5 nitrogen and oxygen atoms in total. The van der Waals surface area contributed by atoms with E-state index in [0.717, 1.165) is 44.0 Å². The Hall–Kier alpha value is -1.66. The first-order valence-corrected chi connectivity index (χ1v) is 10.3. The highest BCUT2D eigenvalue weighted by atomic mass is 19.1. The van der Waals surface area contributed by atoms with Gasteiger partial charge in [0.15, 0.2) is 5.96 Å². The van der Waals surface area contributed by atoms with Crippen molar-refractivity contribution in [2.45, 2.75) is 33.1 Å². The highest BCUT2D eigenvalue weighted by molar-refractivity contribution is 5.79. The van der Waals surface area contributed by atoms with Crippen molar-refractivity contribution in [3.8, 4) is 0 Å². The predicted molar refractivity (Wildman–Crippen MR) is 112 cm³/mol. The van der Waals surface area contributed by atoms with Gasteiger partial charge in [0, 0.05) is 45.8 Å². The Labute approximate surface area is 164 Å². The van der Waals surface area contributed by atoms with Gasteiger partial charge >= 0.3 is 0 Å². The van der Waals surface area contributed by atoms with E-state index in [0.29, 0.717) is 0 Å². The number of unbranched alkanes of at least 4 members (excludes halogenated alkanes) is 1. The minimum Gasteiger partial charge on any atom is -0.357 e. The molecule has 1 fully saturated rings. The lowest BCUT2D eigenvalue weighted by Crippen LogP contribution is -2.44. The SMILES string of the molecule is CCNC(=NCCCCN1CCN(C)CC1)NCCc1ccc(F)cc1C.